The van der Waals surface area contributed by atoms with Crippen molar-refractivity contribution < 1.29 is 10.0 Å². The topological polar surface area (TPSA) is 79.0 Å². The van der Waals surface area contributed by atoms with Crippen molar-refractivity contribution in [3.63, 3.8) is 0 Å². The van der Waals surface area contributed by atoms with Gasteiger partial charge in [0.1, 0.15) is 5.75 Å². The zero-order valence-electron chi connectivity index (χ0n) is 14.7. The molecule has 28 heavy (non-hydrogen) atoms. The maximum atomic E-state index is 11.6. The normalized spacial score (nSPS) is 16.1. The summed E-state index contributed by atoms with van der Waals surface area (Å²) >= 11 is 6.01. The Balaban J connectivity index is 1.83. The molecular formula is C21H16ClN3O3. The van der Waals surface area contributed by atoms with E-state index in [2.05, 4.69) is 0 Å². The Hall–Kier alpha value is -3.38. The molecule has 1 unspecified atom stereocenters. The molecule has 140 valence electrons. The van der Waals surface area contributed by atoms with Crippen molar-refractivity contribution in [3.05, 3.63) is 99.1 Å². The largest absolute Gasteiger partial charge is 0.507 e. The minimum atomic E-state index is -0.382. The molecule has 7 heteroatoms. The Morgan fingerprint density at radius 3 is 2.43 bits per heavy atom. The number of hydrogen-bond donors (Lipinski definition) is 1. The van der Waals surface area contributed by atoms with Gasteiger partial charge < -0.3 is 5.11 Å². The summed E-state index contributed by atoms with van der Waals surface area (Å²) in [5.74, 6) is 0.125. The van der Waals surface area contributed by atoms with Crippen LogP contribution in [0.5, 0.6) is 5.75 Å². The Morgan fingerprint density at radius 1 is 1.04 bits per heavy atom. The van der Waals surface area contributed by atoms with Gasteiger partial charge >= 0.3 is 0 Å². The summed E-state index contributed by atoms with van der Waals surface area (Å²) in [4.78, 5) is 11.2. The second kappa shape index (κ2) is 7.32. The lowest BCUT2D eigenvalue weighted by molar-refractivity contribution is -0.385. The number of anilines is 1. The molecule has 1 aliphatic heterocycles. The maximum Gasteiger partial charge on any atom is 0.274 e. The molecule has 1 heterocycles. The maximum absolute atomic E-state index is 11.6. The highest BCUT2D eigenvalue weighted by Crippen LogP contribution is 2.41. The van der Waals surface area contributed by atoms with Crippen molar-refractivity contribution in [1.29, 1.82) is 0 Å². The van der Waals surface area contributed by atoms with E-state index in [4.69, 9.17) is 16.7 Å². The molecule has 0 saturated carbocycles. The molecule has 1 N–H and O–H groups in total. The number of phenolic OH excluding ortho intramolecular Hbond substituents is 1. The number of benzene rings is 3. The average molecular weight is 394 g/mol. The lowest BCUT2D eigenvalue weighted by Gasteiger charge is -2.23. The molecule has 1 aliphatic rings. The minimum Gasteiger partial charge on any atom is -0.507 e. The van der Waals surface area contributed by atoms with E-state index in [1.165, 1.54) is 6.07 Å². The molecule has 6 nitrogen and oxygen atoms in total. The number of halogens is 1. The predicted molar refractivity (Wildman–Crippen MR) is 109 cm³/mol. The van der Waals surface area contributed by atoms with Crippen LogP contribution in [0.3, 0.4) is 0 Å². The first-order chi connectivity index (χ1) is 13.5. The molecule has 4 rings (SSSR count). The molecule has 0 radical (unpaired) electrons. The van der Waals surface area contributed by atoms with Gasteiger partial charge in [-0.05, 0) is 42.5 Å². The average Bonchev–Trinajstić information content (AvgIpc) is 3.14. The van der Waals surface area contributed by atoms with E-state index in [1.807, 2.05) is 18.2 Å². The van der Waals surface area contributed by atoms with Crippen LogP contribution >= 0.6 is 11.6 Å². The molecular weight excluding hydrogens is 378 g/mol. The Morgan fingerprint density at radius 2 is 1.71 bits per heavy atom. The van der Waals surface area contributed by atoms with Crippen LogP contribution in [0.2, 0.25) is 5.02 Å². The van der Waals surface area contributed by atoms with Gasteiger partial charge in [-0.1, -0.05) is 35.9 Å². The highest BCUT2D eigenvalue weighted by Gasteiger charge is 2.34. The highest BCUT2D eigenvalue weighted by atomic mass is 35.5. The van der Waals surface area contributed by atoms with Gasteiger partial charge in [-0.2, -0.15) is 5.10 Å². The SMILES string of the molecule is O=[N+]([O-])c1ccccc1C1CC(c2ccccc2O)=NN1c1ccc(Cl)cc1. The van der Waals surface area contributed by atoms with Crippen LogP contribution in [0.25, 0.3) is 0 Å². The molecule has 3 aromatic carbocycles. The van der Waals surface area contributed by atoms with E-state index >= 15 is 0 Å². The van der Waals surface area contributed by atoms with Gasteiger partial charge in [0, 0.05) is 23.1 Å². The van der Waals surface area contributed by atoms with Gasteiger partial charge in [-0.15, -0.1) is 0 Å². The summed E-state index contributed by atoms with van der Waals surface area (Å²) in [6.07, 6.45) is 0.422. The van der Waals surface area contributed by atoms with Crippen LogP contribution in [0.1, 0.15) is 23.6 Å². The molecule has 0 amide bonds. The smallest absolute Gasteiger partial charge is 0.274 e. The number of hydrogen-bond acceptors (Lipinski definition) is 5. The van der Waals surface area contributed by atoms with Crippen molar-refractivity contribution in [1.82, 2.24) is 0 Å². The molecule has 1 atom stereocenters. The number of phenols is 1. The summed E-state index contributed by atoms with van der Waals surface area (Å²) in [6, 6.07) is 20.4. The molecule has 0 aliphatic carbocycles. The predicted octanol–water partition coefficient (Wildman–Crippen LogP) is 5.31. The fourth-order valence-corrected chi connectivity index (χ4v) is 3.53. The second-order valence-electron chi connectivity index (χ2n) is 6.42. The number of hydrazone groups is 1. The van der Waals surface area contributed by atoms with E-state index in [9.17, 15) is 15.2 Å². The quantitative estimate of drug-likeness (QED) is 0.481. The van der Waals surface area contributed by atoms with Gasteiger partial charge in [0.15, 0.2) is 0 Å². The summed E-state index contributed by atoms with van der Waals surface area (Å²) < 4.78 is 0. The van der Waals surface area contributed by atoms with E-state index in [0.29, 0.717) is 28.3 Å². The van der Waals surface area contributed by atoms with Crippen LogP contribution < -0.4 is 5.01 Å². The van der Waals surface area contributed by atoms with E-state index in [1.54, 1.807) is 53.5 Å². The molecule has 0 bridgehead atoms. The zero-order chi connectivity index (χ0) is 19.7. The van der Waals surface area contributed by atoms with Crippen molar-refractivity contribution in [2.24, 2.45) is 5.10 Å². The standard InChI is InChI=1S/C21H16ClN3O3/c22-14-9-11-15(12-10-14)24-20(17-6-1-3-7-19(17)25(27)28)13-18(23-24)16-5-2-4-8-21(16)26/h1-12,20,26H,13H2. The molecule has 0 aromatic heterocycles. The number of para-hydroxylation sites is 2. The van der Waals surface area contributed by atoms with Gasteiger partial charge in [-0.3, -0.25) is 15.1 Å². The van der Waals surface area contributed by atoms with Crippen molar-refractivity contribution in [3.8, 4) is 5.75 Å². The number of nitro benzene ring substituents is 1. The lowest BCUT2D eigenvalue weighted by Crippen LogP contribution is -2.19. The number of nitrogens with zero attached hydrogens (tertiary/aromatic N) is 3. The molecule has 0 saturated heterocycles. The molecule has 0 spiro atoms. The van der Waals surface area contributed by atoms with Gasteiger partial charge in [0.25, 0.3) is 5.69 Å². The first-order valence-electron chi connectivity index (χ1n) is 8.68. The van der Waals surface area contributed by atoms with Crippen LogP contribution in [0.15, 0.2) is 77.9 Å². The Kier molecular flexibility index (Phi) is 4.71. The fraction of sp³-hybridized carbons (Fsp3) is 0.0952. The number of rotatable bonds is 4. The highest BCUT2D eigenvalue weighted by molar-refractivity contribution is 6.30. The van der Waals surface area contributed by atoms with Crippen molar-refractivity contribution >= 4 is 28.7 Å². The summed E-state index contributed by atoms with van der Waals surface area (Å²) in [5, 5.41) is 28.8. The monoisotopic (exact) mass is 393 g/mol. The fourth-order valence-electron chi connectivity index (χ4n) is 3.40. The molecule has 3 aromatic rings. The first kappa shape index (κ1) is 18.0. The van der Waals surface area contributed by atoms with E-state index < -0.39 is 0 Å². The number of nitro groups is 1. The van der Waals surface area contributed by atoms with Crippen molar-refractivity contribution in [2.45, 2.75) is 12.5 Å². The van der Waals surface area contributed by atoms with Crippen LogP contribution in [-0.4, -0.2) is 15.7 Å². The van der Waals surface area contributed by atoms with E-state index in [0.717, 1.165) is 5.69 Å². The second-order valence-corrected chi connectivity index (χ2v) is 6.86. The Bertz CT molecular complexity index is 1070. The number of aromatic hydroxyl groups is 1. The Labute approximate surface area is 166 Å². The van der Waals surface area contributed by atoms with Crippen LogP contribution in [-0.2, 0) is 0 Å². The van der Waals surface area contributed by atoms with Crippen molar-refractivity contribution in [2.75, 3.05) is 5.01 Å². The van der Waals surface area contributed by atoms with Crippen LogP contribution in [0, 0.1) is 10.1 Å². The third-order valence-electron chi connectivity index (χ3n) is 4.71. The zero-order valence-corrected chi connectivity index (χ0v) is 15.5. The van der Waals surface area contributed by atoms with Crippen LogP contribution in [0.4, 0.5) is 11.4 Å². The van der Waals surface area contributed by atoms with Gasteiger partial charge in [0.05, 0.1) is 27.9 Å². The third kappa shape index (κ3) is 3.30. The van der Waals surface area contributed by atoms with Gasteiger partial charge in [-0.25, -0.2) is 0 Å². The first-order valence-corrected chi connectivity index (χ1v) is 9.06. The molecule has 0 fully saturated rings. The summed E-state index contributed by atoms with van der Waals surface area (Å²) in [5.41, 5.74) is 2.65. The third-order valence-corrected chi connectivity index (χ3v) is 4.96. The summed E-state index contributed by atoms with van der Waals surface area (Å²) in [7, 11) is 0. The van der Waals surface area contributed by atoms with E-state index in [-0.39, 0.29) is 22.4 Å². The summed E-state index contributed by atoms with van der Waals surface area (Å²) in [6.45, 7) is 0. The lowest BCUT2D eigenvalue weighted by atomic mass is 9.96. The minimum absolute atomic E-state index is 0.0418. The van der Waals surface area contributed by atoms with Gasteiger partial charge in [0.2, 0.25) is 0 Å².